The molecule has 0 unspecified atom stereocenters. The maximum atomic E-state index is 13.6. The summed E-state index contributed by atoms with van der Waals surface area (Å²) in [6.07, 6.45) is -4.17. The van der Waals surface area contributed by atoms with Crippen LogP contribution in [0.3, 0.4) is 0 Å². The SMILES string of the molecule is C[C@@H]1c2ccccc2N(Cc2ccccc2C(F)(F)F)C(=O)[C@H]1Cc1ccc(C(=O)O)cc1. The Labute approximate surface area is 189 Å². The summed E-state index contributed by atoms with van der Waals surface area (Å²) in [7, 11) is 0. The number of carbonyl (C=O) groups excluding carboxylic acids is 1. The van der Waals surface area contributed by atoms with E-state index in [1.165, 1.54) is 35.2 Å². The predicted octanol–water partition coefficient (Wildman–Crippen LogP) is 5.91. The number of hydrogen-bond acceptors (Lipinski definition) is 2. The molecule has 1 N–H and O–H groups in total. The van der Waals surface area contributed by atoms with E-state index in [1.54, 1.807) is 24.3 Å². The summed E-state index contributed by atoms with van der Waals surface area (Å²) < 4.78 is 40.7. The standard InChI is InChI=1S/C26H22F3NO3/c1-16-20-7-3-5-9-23(20)30(15-19-6-2-4-8-22(19)26(27,28)29)24(31)21(16)14-17-10-12-18(13-11-17)25(32)33/h2-13,16,21H,14-15H2,1H3,(H,32,33)/t16-,21+/m1/s1. The summed E-state index contributed by atoms with van der Waals surface area (Å²) in [6, 6.07) is 18.9. The third kappa shape index (κ3) is 4.49. The first kappa shape index (κ1) is 22.6. The van der Waals surface area contributed by atoms with Crippen LogP contribution in [0.1, 0.15) is 45.5 Å². The van der Waals surface area contributed by atoms with Gasteiger partial charge in [0.1, 0.15) is 0 Å². The first-order valence-electron chi connectivity index (χ1n) is 10.5. The van der Waals surface area contributed by atoms with Crippen LogP contribution in [0.4, 0.5) is 18.9 Å². The summed E-state index contributed by atoms with van der Waals surface area (Å²) in [4.78, 5) is 26.2. The molecule has 0 aliphatic carbocycles. The van der Waals surface area contributed by atoms with Crippen molar-refractivity contribution in [3.8, 4) is 0 Å². The second kappa shape index (κ2) is 8.73. The van der Waals surface area contributed by atoms with E-state index in [0.29, 0.717) is 12.1 Å². The molecular weight excluding hydrogens is 431 g/mol. The molecule has 0 aromatic heterocycles. The Balaban J connectivity index is 1.70. The number of amides is 1. The number of para-hydroxylation sites is 1. The summed E-state index contributed by atoms with van der Waals surface area (Å²) >= 11 is 0. The molecule has 3 aromatic rings. The fourth-order valence-electron chi connectivity index (χ4n) is 4.44. The molecule has 1 aliphatic rings. The fraction of sp³-hybridized carbons (Fsp3) is 0.231. The number of carbonyl (C=O) groups is 2. The van der Waals surface area contributed by atoms with Gasteiger partial charge in [0.05, 0.1) is 17.7 Å². The minimum absolute atomic E-state index is 0.0345. The molecule has 33 heavy (non-hydrogen) atoms. The Bertz CT molecular complexity index is 1190. The van der Waals surface area contributed by atoms with Crippen molar-refractivity contribution in [1.29, 1.82) is 0 Å². The number of hydrogen-bond donors (Lipinski definition) is 1. The van der Waals surface area contributed by atoms with Gasteiger partial charge in [-0.3, -0.25) is 4.79 Å². The van der Waals surface area contributed by atoms with Crippen LogP contribution in [0.5, 0.6) is 0 Å². The number of alkyl halides is 3. The van der Waals surface area contributed by atoms with Crippen molar-refractivity contribution < 1.29 is 27.9 Å². The van der Waals surface area contributed by atoms with Gasteiger partial charge in [0.15, 0.2) is 0 Å². The lowest BCUT2D eigenvalue weighted by molar-refractivity contribution is -0.138. The molecule has 7 heteroatoms. The molecule has 0 saturated heterocycles. The minimum Gasteiger partial charge on any atom is -0.478 e. The Kier molecular flexibility index (Phi) is 5.97. The second-order valence-electron chi connectivity index (χ2n) is 8.24. The van der Waals surface area contributed by atoms with Gasteiger partial charge in [0.25, 0.3) is 0 Å². The fourth-order valence-corrected chi connectivity index (χ4v) is 4.44. The summed E-state index contributed by atoms with van der Waals surface area (Å²) in [5.74, 6) is -1.93. The number of fused-ring (bicyclic) bond motifs is 1. The molecule has 4 rings (SSSR count). The zero-order valence-corrected chi connectivity index (χ0v) is 17.8. The highest BCUT2D eigenvalue weighted by Crippen LogP contribution is 2.42. The zero-order valence-electron chi connectivity index (χ0n) is 17.8. The van der Waals surface area contributed by atoms with Crippen LogP contribution in [-0.2, 0) is 23.9 Å². The monoisotopic (exact) mass is 453 g/mol. The number of carboxylic acid groups (broad SMARTS) is 1. The van der Waals surface area contributed by atoms with E-state index in [0.717, 1.165) is 17.2 Å². The highest BCUT2D eigenvalue weighted by atomic mass is 19.4. The van der Waals surface area contributed by atoms with Crippen molar-refractivity contribution >= 4 is 17.6 Å². The molecule has 1 amide bonds. The van der Waals surface area contributed by atoms with Gasteiger partial charge in [-0.05, 0) is 53.3 Å². The molecule has 3 aromatic carbocycles. The van der Waals surface area contributed by atoms with Gasteiger partial charge >= 0.3 is 12.1 Å². The van der Waals surface area contributed by atoms with Crippen LogP contribution in [0.15, 0.2) is 72.8 Å². The lowest BCUT2D eigenvalue weighted by atomic mass is 9.78. The maximum absolute atomic E-state index is 13.6. The molecule has 0 spiro atoms. The van der Waals surface area contributed by atoms with E-state index >= 15 is 0 Å². The first-order chi connectivity index (χ1) is 15.7. The number of carboxylic acids is 1. The van der Waals surface area contributed by atoms with Gasteiger partial charge in [-0.2, -0.15) is 13.2 Å². The van der Waals surface area contributed by atoms with E-state index in [1.807, 2.05) is 19.1 Å². The molecule has 4 nitrogen and oxygen atoms in total. The first-order valence-corrected chi connectivity index (χ1v) is 10.5. The molecule has 170 valence electrons. The molecule has 0 radical (unpaired) electrons. The van der Waals surface area contributed by atoms with E-state index in [9.17, 15) is 22.8 Å². The topological polar surface area (TPSA) is 57.6 Å². The van der Waals surface area contributed by atoms with Crippen molar-refractivity contribution in [2.75, 3.05) is 4.90 Å². The van der Waals surface area contributed by atoms with Crippen molar-refractivity contribution in [3.05, 3.63) is 101 Å². The number of anilines is 1. The molecule has 2 atom stereocenters. The number of aromatic carboxylic acids is 1. The number of benzene rings is 3. The van der Waals surface area contributed by atoms with E-state index in [2.05, 4.69) is 0 Å². The van der Waals surface area contributed by atoms with E-state index in [-0.39, 0.29) is 29.5 Å². The van der Waals surface area contributed by atoms with Crippen molar-refractivity contribution in [2.24, 2.45) is 5.92 Å². The van der Waals surface area contributed by atoms with Gasteiger partial charge in [-0.15, -0.1) is 0 Å². The largest absolute Gasteiger partial charge is 0.478 e. The summed E-state index contributed by atoms with van der Waals surface area (Å²) in [5.41, 5.74) is 1.73. The third-order valence-electron chi connectivity index (χ3n) is 6.21. The predicted molar refractivity (Wildman–Crippen MR) is 118 cm³/mol. The minimum atomic E-state index is -4.52. The Morgan fingerprint density at radius 3 is 2.27 bits per heavy atom. The third-order valence-corrected chi connectivity index (χ3v) is 6.21. The van der Waals surface area contributed by atoms with Gasteiger partial charge in [0, 0.05) is 11.6 Å². The average molecular weight is 453 g/mol. The van der Waals surface area contributed by atoms with Gasteiger partial charge in [0.2, 0.25) is 5.91 Å². The van der Waals surface area contributed by atoms with Gasteiger partial charge in [-0.1, -0.05) is 55.5 Å². The highest BCUT2D eigenvalue weighted by Gasteiger charge is 2.39. The number of rotatable bonds is 5. The molecule has 0 saturated carbocycles. The van der Waals surface area contributed by atoms with E-state index in [4.69, 9.17) is 5.11 Å². The Morgan fingerprint density at radius 2 is 1.61 bits per heavy atom. The molecule has 1 aliphatic heterocycles. The zero-order chi connectivity index (χ0) is 23.8. The van der Waals surface area contributed by atoms with Gasteiger partial charge < -0.3 is 10.0 Å². The van der Waals surface area contributed by atoms with Gasteiger partial charge in [-0.25, -0.2) is 4.79 Å². The second-order valence-corrected chi connectivity index (χ2v) is 8.24. The lowest BCUT2D eigenvalue weighted by Gasteiger charge is -2.38. The van der Waals surface area contributed by atoms with Crippen LogP contribution >= 0.6 is 0 Å². The number of halogens is 3. The lowest BCUT2D eigenvalue weighted by Crippen LogP contribution is -2.43. The quantitative estimate of drug-likeness (QED) is 0.522. The molecule has 0 bridgehead atoms. The smallest absolute Gasteiger partial charge is 0.416 e. The van der Waals surface area contributed by atoms with Crippen LogP contribution in [0, 0.1) is 5.92 Å². The summed E-state index contributed by atoms with van der Waals surface area (Å²) in [5, 5.41) is 9.10. The van der Waals surface area contributed by atoms with Crippen molar-refractivity contribution in [1.82, 2.24) is 0 Å². The maximum Gasteiger partial charge on any atom is 0.416 e. The van der Waals surface area contributed by atoms with Crippen molar-refractivity contribution in [3.63, 3.8) is 0 Å². The van der Waals surface area contributed by atoms with Crippen LogP contribution in [-0.4, -0.2) is 17.0 Å². The van der Waals surface area contributed by atoms with Crippen molar-refractivity contribution in [2.45, 2.75) is 32.0 Å². The summed E-state index contributed by atoms with van der Waals surface area (Å²) in [6.45, 7) is 1.75. The van der Waals surface area contributed by atoms with Crippen LogP contribution in [0.25, 0.3) is 0 Å². The Hall–Kier alpha value is -3.61. The Morgan fingerprint density at radius 1 is 0.970 bits per heavy atom. The van der Waals surface area contributed by atoms with Crippen LogP contribution < -0.4 is 4.90 Å². The number of nitrogens with zero attached hydrogens (tertiary/aromatic N) is 1. The molecule has 1 heterocycles. The molecule has 0 fully saturated rings. The molecular formula is C26H22F3NO3. The normalized spacial score (nSPS) is 18.2. The highest BCUT2D eigenvalue weighted by molar-refractivity contribution is 5.99. The average Bonchev–Trinajstić information content (AvgIpc) is 2.79. The van der Waals surface area contributed by atoms with Crippen LogP contribution in [0.2, 0.25) is 0 Å². The van der Waals surface area contributed by atoms with E-state index < -0.39 is 23.6 Å².